The second-order valence-corrected chi connectivity index (χ2v) is 5.19. The molecule has 100 valence electrons. The molecule has 0 saturated carbocycles. The van der Waals surface area contributed by atoms with Gasteiger partial charge in [-0.2, -0.15) is 0 Å². The molecule has 1 fully saturated rings. The minimum Gasteiger partial charge on any atom is -0.396 e. The molecule has 0 aliphatic carbocycles. The van der Waals surface area contributed by atoms with Crippen LogP contribution < -0.4 is 10.6 Å². The van der Waals surface area contributed by atoms with Gasteiger partial charge in [-0.15, -0.1) is 0 Å². The van der Waals surface area contributed by atoms with Crippen LogP contribution in [0.4, 0.5) is 5.69 Å². The van der Waals surface area contributed by atoms with E-state index in [0.717, 1.165) is 13.0 Å². The zero-order chi connectivity index (χ0) is 13.0. The van der Waals surface area contributed by atoms with Crippen LogP contribution in [0.25, 0.3) is 0 Å². The fraction of sp³-hybridized carbons (Fsp3) is 0.600. The van der Waals surface area contributed by atoms with E-state index in [0.29, 0.717) is 12.6 Å². The van der Waals surface area contributed by atoms with E-state index in [2.05, 4.69) is 30.0 Å². The number of hydrogen-bond donors (Lipinski definition) is 2. The molecule has 3 heteroatoms. The van der Waals surface area contributed by atoms with Crippen LogP contribution in [-0.2, 0) is 6.54 Å². The van der Waals surface area contributed by atoms with Crippen molar-refractivity contribution in [2.24, 2.45) is 5.73 Å². The molecule has 0 radical (unpaired) electrons. The summed E-state index contributed by atoms with van der Waals surface area (Å²) >= 11 is 0. The molecule has 0 aromatic heterocycles. The van der Waals surface area contributed by atoms with Crippen molar-refractivity contribution in [3.63, 3.8) is 0 Å². The number of aryl methyl sites for hydroxylation is 1. The lowest BCUT2D eigenvalue weighted by Crippen LogP contribution is -2.40. The average molecular weight is 248 g/mol. The summed E-state index contributed by atoms with van der Waals surface area (Å²) in [5.41, 5.74) is 9.61. The van der Waals surface area contributed by atoms with Crippen LogP contribution in [0.1, 0.15) is 36.8 Å². The summed E-state index contributed by atoms with van der Waals surface area (Å²) in [4.78, 5) is 2.45. The molecule has 1 atom stereocenters. The first-order chi connectivity index (χ1) is 8.76. The monoisotopic (exact) mass is 248 g/mol. The molecule has 0 bridgehead atoms. The van der Waals surface area contributed by atoms with Gasteiger partial charge in [0.1, 0.15) is 0 Å². The van der Waals surface area contributed by atoms with Gasteiger partial charge in [0.2, 0.25) is 0 Å². The third-order valence-electron chi connectivity index (χ3n) is 3.86. The molecule has 1 aromatic rings. The number of nitrogens with two attached hydrogens (primary N) is 1. The number of aliphatic hydroxyl groups is 1. The normalized spacial score (nSPS) is 20.2. The molecule has 0 amide bonds. The lowest BCUT2D eigenvalue weighted by atomic mass is 9.97. The lowest BCUT2D eigenvalue weighted by Gasteiger charge is -2.38. The van der Waals surface area contributed by atoms with Crippen LogP contribution in [0, 0.1) is 6.92 Å². The Hall–Kier alpha value is -1.06. The SMILES string of the molecule is Cc1ccc(CN)c(N2CCCCC2CCO)c1. The van der Waals surface area contributed by atoms with Gasteiger partial charge in [0.25, 0.3) is 0 Å². The molecule has 3 nitrogen and oxygen atoms in total. The van der Waals surface area contributed by atoms with Gasteiger partial charge in [0.15, 0.2) is 0 Å². The molecule has 1 aliphatic heterocycles. The molecule has 2 rings (SSSR count). The van der Waals surface area contributed by atoms with Crippen molar-refractivity contribution < 1.29 is 5.11 Å². The molecular weight excluding hydrogens is 224 g/mol. The maximum absolute atomic E-state index is 9.21. The summed E-state index contributed by atoms with van der Waals surface area (Å²) < 4.78 is 0. The molecule has 1 saturated heterocycles. The third-order valence-corrected chi connectivity index (χ3v) is 3.86. The fourth-order valence-corrected chi connectivity index (χ4v) is 2.88. The van der Waals surface area contributed by atoms with Crippen LogP contribution in [-0.4, -0.2) is 24.3 Å². The standard InChI is InChI=1S/C15H24N2O/c1-12-5-6-13(11-16)15(10-12)17-8-3-2-4-14(17)7-9-18/h5-6,10,14,18H,2-4,7-9,11,16H2,1H3. The van der Waals surface area contributed by atoms with Gasteiger partial charge in [0, 0.05) is 31.4 Å². The maximum Gasteiger partial charge on any atom is 0.0450 e. The molecule has 1 aromatic carbocycles. The zero-order valence-corrected chi connectivity index (χ0v) is 11.2. The third kappa shape index (κ3) is 2.85. The van der Waals surface area contributed by atoms with E-state index in [1.165, 1.54) is 36.1 Å². The van der Waals surface area contributed by atoms with E-state index in [1.807, 2.05) is 0 Å². The highest BCUT2D eigenvalue weighted by Gasteiger charge is 2.23. The van der Waals surface area contributed by atoms with Crippen LogP contribution in [0.3, 0.4) is 0 Å². The zero-order valence-electron chi connectivity index (χ0n) is 11.2. The Kier molecular flexibility index (Phi) is 4.61. The van der Waals surface area contributed by atoms with Crippen molar-refractivity contribution in [3.05, 3.63) is 29.3 Å². The smallest absolute Gasteiger partial charge is 0.0450 e. The second kappa shape index (κ2) is 6.21. The highest BCUT2D eigenvalue weighted by Crippen LogP contribution is 2.30. The minimum absolute atomic E-state index is 0.269. The van der Waals surface area contributed by atoms with E-state index in [4.69, 9.17) is 5.73 Å². The quantitative estimate of drug-likeness (QED) is 0.859. The van der Waals surface area contributed by atoms with Crippen LogP contribution in [0.5, 0.6) is 0 Å². The number of aliphatic hydroxyl groups excluding tert-OH is 1. The van der Waals surface area contributed by atoms with Crippen molar-refractivity contribution in [1.29, 1.82) is 0 Å². The Bertz CT molecular complexity index is 390. The van der Waals surface area contributed by atoms with Gasteiger partial charge in [-0.05, 0) is 49.8 Å². The Morgan fingerprint density at radius 2 is 2.22 bits per heavy atom. The van der Waals surface area contributed by atoms with Crippen molar-refractivity contribution in [2.45, 2.75) is 45.2 Å². The van der Waals surface area contributed by atoms with Crippen LogP contribution in [0.15, 0.2) is 18.2 Å². The topological polar surface area (TPSA) is 49.5 Å². The Morgan fingerprint density at radius 1 is 1.39 bits per heavy atom. The largest absolute Gasteiger partial charge is 0.396 e. The number of anilines is 1. The average Bonchev–Trinajstić information content (AvgIpc) is 2.40. The molecular formula is C15H24N2O. The highest BCUT2D eigenvalue weighted by molar-refractivity contribution is 5.56. The maximum atomic E-state index is 9.21. The van der Waals surface area contributed by atoms with Crippen molar-refractivity contribution >= 4 is 5.69 Å². The molecule has 1 aliphatic rings. The molecule has 3 N–H and O–H groups in total. The predicted molar refractivity (Wildman–Crippen MR) is 75.8 cm³/mol. The number of benzene rings is 1. The minimum atomic E-state index is 0.269. The van der Waals surface area contributed by atoms with Crippen LogP contribution >= 0.6 is 0 Å². The van der Waals surface area contributed by atoms with Gasteiger partial charge >= 0.3 is 0 Å². The van der Waals surface area contributed by atoms with E-state index in [1.54, 1.807) is 0 Å². The predicted octanol–water partition coefficient (Wildman–Crippen LogP) is 2.20. The summed E-state index contributed by atoms with van der Waals surface area (Å²) in [6.45, 7) is 4.05. The highest BCUT2D eigenvalue weighted by atomic mass is 16.3. The van der Waals surface area contributed by atoms with E-state index < -0.39 is 0 Å². The summed E-state index contributed by atoms with van der Waals surface area (Å²) in [5.74, 6) is 0. The van der Waals surface area contributed by atoms with Gasteiger partial charge in [0.05, 0.1) is 0 Å². The lowest BCUT2D eigenvalue weighted by molar-refractivity contribution is 0.262. The molecule has 1 heterocycles. The van der Waals surface area contributed by atoms with Crippen molar-refractivity contribution in [3.8, 4) is 0 Å². The number of piperidine rings is 1. The van der Waals surface area contributed by atoms with Crippen molar-refractivity contribution in [1.82, 2.24) is 0 Å². The van der Waals surface area contributed by atoms with Gasteiger partial charge < -0.3 is 15.7 Å². The number of rotatable bonds is 4. The summed E-state index contributed by atoms with van der Waals surface area (Å²) in [7, 11) is 0. The Morgan fingerprint density at radius 3 is 2.94 bits per heavy atom. The van der Waals surface area contributed by atoms with E-state index in [-0.39, 0.29) is 6.61 Å². The van der Waals surface area contributed by atoms with Crippen molar-refractivity contribution in [2.75, 3.05) is 18.1 Å². The number of hydrogen-bond acceptors (Lipinski definition) is 3. The first kappa shape index (κ1) is 13.4. The molecule has 0 spiro atoms. The van der Waals surface area contributed by atoms with Gasteiger partial charge in [-0.1, -0.05) is 12.1 Å². The summed E-state index contributed by atoms with van der Waals surface area (Å²) in [6.07, 6.45) is 4.54. The van der Waals surface area contributed by atoms with E-state index in [9.17, 15) is 5.11 Å². The second-order valence-electron chi connectivity index (χ2n) is 5.19. The summed E-state index contributed by atoms with van der Waals surface area (Å²) in [6, 6.07) is 6.96. The first-order valence-corrected chi connectivity index (χ1v) is 6.93. The Labute approximate surface area is 110 Å². The number of nitrogens with zero attached hydrogens (tertiary/aromatic N) is 1. The molecule has 1 unspecified atom stereocenters. The van der Waals surface area contributed by atoms with Gasteiger partial charge in [-0.3, -0.25) is 0 Å². The van der Waals surface area contributed by atoms with Gasteiger partial charge in [-0.25, -0.2) is 0 Å². The van der Waals surface area contributed by atoms with E-state index >= 15 is 0 Å². The Balaban J connectivity index is 2.29. The summed E-state index contributed by atoms with van der Waals surface area (Å²) in [5, 5.41) is 9.21. The molecule has 18 heavy (non-hydrogen) atoms. The van der Waals surface area contributed by atoms with Crippen LogP contribution in [0.2, 0.25) is 0 Å². The first-order valence-electron chi connectivity index (χ1n) is 6.93. The fourth-order valence-electron chi connectivity index (χ4n) is 2.88.